The van der Waals surface area contributed by atoms with Crippen LogP contribution in [0.1, 0.15) is 12.5 Å². The molecular weight excluding hydrogens is 454 g/mol. The summed E-state index contributed by atoms with van der Waals surface area (Å²) in [6.45, 7) is 1.74. The minimum absolute atomic E-state index is 0.107. The first kappa shape index (κ1) is 20.2. The highest BCUT2D eigenvalue weighted by molar-refractivity contribution is 9.10. The lowest BCUT2D eigenvalue weighted by molar-refractivity contribution is -0.114. The van der Waals surface area contributed by atoms with E-state index in [0.29, 0.717) is 39.4 Å². The molecule has 148 valence electrons. The Morgan fingerprint density at radius 2 is 1.93 bits per heavy atom. The number of halogens is 2. The lowest BCUT2D eigenvalue weighted by Gasteiger charge is -2.17. The number of hydrogen-bond donors (Lipinski definition) is 1. The van der Waals surface area contributed by atoms with Crippen LogP contribution in [0.4, 0.5) is 5.95 Å². The van der Waals surface area contributed by atoms with Crippen LogP contribution in [0.2, 0.25) is 5.15 Å². The number of imidazole rings is 1. The Balaban J connectivity index is 2.10. The van der Waals surface area contributed by atoms with Gasteiger partial charge in [-0.15, -0.1) is 0 Å². The first-order valence-electron chi connectivity index (χ1n) is 8.02. The average molecular weight is 471 g/mol. The summed E-state index contributed by atoms with van der Waals surface area (Å²) in [5, 5.41) is 2.68. The number of hydrogen-bond acceptors (Lipinski definition) is 7. The third kappa shape index (κ3) is 3.69. The Hall–Kier alpha value is -2.59. The van der Waals surface area contributed by atoms with E-state index in [1.807, 2.05) is 6.07 Å². The maximum Gasteiger partial charge on any atom is 0.232 e. The number of carbonyl (C=O) groups is 1. The number of nitrogens with one attached hydrogen (secondary N) is 1. The van der Waals surface area contributed by atoms with E-state index in [0.717, 1.165) is 5.56 Å². The molecular formula is C17H17BrClN5O4. The van der Waals surface area contributed by atoms with Gasteiger partial charge in [0.15, 0.2) is 22.3 Å². The average Bonchev–Trinajstić information content (AvgIpc) is 3.05. The van der Waals surface area contributed by atoms with Gasteiger partial charge in [-0.2, -0.15) is 9.97 Å². The third-order valence-corrected chi connectivity index (χ3v) is 5.03. The van der Waals surface area contributed by atoms with Gasteiger partial charge in [0.05, 0.1) is 38.7 Å². The Morgan fingerprint density at radius 1 is 1.21 bits per heavy atom. The van der Waals surface area contributed by atoms with Crippen molar-refractivity contribution in [2.24, 2.45) is 0 Å². The van der Waals surface area contributed by atoms with Crippen molar-refractivity contribution in [3.8, 4) is 17.2 Å². The molecule has 0 saturated heterocycles. The van der Waals surface area contributed by atoms with Crippen LogP contribution in [0.5, 0.6) is 17.2 Å². The van der Waals surface area contributed by atoms with Crippen molar-refractivity contribution < 1.29 is 19.0 Å². The maximum absolute atomic E-state index is 11.3. The summed E-state index contributed by atoms with van der Waals surface area (Å²) in [7, 11) is 4.64. The molecule has 0 unspecified atom stereocenters. The third-order valence-electron chi connectivity index (χ3n) is 3.89. The van der Waals surface area contributed by atoms with Crippen LogP contribution in [-0.4, -0.2) is 46.8 Å². The first-order chi connectivity index (χ1) is 13.4. The number of aromatic nitrogens is 4. The number of nitrogens with zero attached hydrogens (tertiary/aromatic N) is 4. The van der Waals surface area contributed by atoms with E-state index in [2.05, 4.69) is 36.2 Å². The molecule has 2 heterocycles. The molecule has 0 aliphatic rings. The fraction of sp³-hybridized carbons (Fsp3) is 0.294. The molecule has 0 saturated carbocycles. The topological polar surface area (TPSA) is 100 Å². The quantitative estimate of drug-likeness (QED) is 0.552. The van der Waals surface area contributed by atoms with Gasteiger partial charge in [-0.3, -0.25) is 10.1 Å². The van der Waals surface area contributed by atoms with Crippen molar-refractivity contribution in [1.29, 1.82) is 0 Å². The molecule has 3 rings (SSSR count). The standard InChI is InChI=1S/C17H17BrClN5O4/c1-8(25)21-17-22-15(19)12-16(23-17)24(7-20-12)6-9-5-10(26-2)13(27-3)14(28-4)11(9)18/h5,7H,6H2,1-4H3,(H,21,22,23,25). The number of methoxy groups -OCH3 is 3. The monoisotopic (exact) mass is 469 g/mol. The van der Waals surface area contributed by atoms with Gasteiger partial charge >= 0.3 is 0 Å². The number of ether oxygens (including phenoxy) is 3. The molecule has 0 fully saturated rings. The Kier molecular flexibility index (Phi) is 5.90. The summed E-state index contributed by atoms with van der Waals surface area (Å²) >= 11 is 9.74. The molecule has 1 N–H and O–H groups in total. The van der Waals surface area contributed by atoms with Gasteiger partial charge < -0.3 is 18.8 Å². The predicted octanol–water partition coefficient (Wildman–Crippen LogP) is 3.27. The summed E-state index contributed by atoms with van der Waals surface area (Å²) in [5.41, 5.74) is 1.74. The molecule has 3 aromatic rings. The van der Waals surface area contributed by atoms with Crippen LogP contribution in [0.15, 0.2) is 16.9 Å². The fourth-order valence-electron chi connectivity index (χ4n) is 2.71. The normalized spacial score (nSPS) is 10.8. The van der Waals surface area contributed by atoms with E-state index in [4.69, 9.17) is 25.8 Å². The molecule has 1 aromatic carbocycles. The molecule has 0 spiro atoms. The van der Waals surface area contributed by atoms with Crippen molar-refractivity contribution in [1.82, 2.24) is 19.5 Å². The number of benzene rings is 1. The highest BCUT2D eigenvalue weighted by atomic mass is 79.9. The van der Waals surface area contributed by atoms with E-state index in [1.54, 1.807) is 32.2 Å². The van der Waals surface area contributed by atoms with Gasteiger partial charge in [-0.05, 0) is 27.6 Å². The summed E-state index contributed by atoms with van der Waals surface area (Å²) in [6.07, 6.45) is 1.60. The molecule has 0 atom stereocenters. The van der Waals surface area contributed by atoms with Crippen LogP contribution in [0.25, 0.3) is 11.2 Å². The highest BCUT2D eigenvalue weighted by Gasteiger charge is 2.20. The number of fused-ring (bicyclic) bond motifs is 1. The van der Waals surface area contributed by atoms with E-state index in [9.17, 15) is 4.79 Å². The van der Waals surface area contributed by atoms with Crippen LogP contribution in [0, 0.1) is 0 Å². The molecule has 1 amide bonds. The van der Waals surface area contributed by atoms with Crippen molar-refractivity contribution >= 4 is 50.6 Å². The van der Waals surface area contributed by atoms with Gasteiger partial charge in [-0.25, -0.2) is 4.98 Å². The second-order valence-electron chi connectivity index (χ2n) is 5.68. The number of carbonyl (C=O) groups excluding carboxylic acids is 1. The minimum Gasteiger partial charge on any atom is -0.493 e. The summed E-state index contributed by atoms with van der Waals surface area (Å²) in [6, 6.07) is 1.83. The van der Waals surface area contributed by atoms with E-state index >= 15 is 0 Å². The molecule has 0 radical (unpaired) electrons. The zero-order valence-corrected chi connectivity index (χ0v) is 17.9. The van der Waals surface area contributed by atoms with E-state index < -0.39 is 0 Å². The second-order valence-corrected chi connectivity index (χ2v) is 6.83. The van der Waals surface area contributed by atoms with Gasteiger partial charge in [0, 0.05) is 6.92 Å². The largest absolute Gasteiger partial charge is 0.493 e. The molecule has 0 bridgehead atoms. The van der Waals surface area contributed by atoms with Gasteiger partial charge in [-0.1, -0.05) is 11.6 Å². The lowest BCUT2D eigenvalue weighted by atomic mass is 10.1. The van der Waals surface area contributed by atoms with Crippen LogP contribution in [-0.2, 0) is 11.3 Å². The van der Waals surface area contributed by atoms with E-state index in [1.165, 1.54) is 6.92 Å². The van der Waals surface area contributed by atoms with Gasteiger partial charge in [0.1, 0.15) is 5.52 Å². The Bertz CT molecular complexity index is 1060. The van der Waals surface area contributed by atoms with Gasteiger partial charge in [0.2, 0.25) is 17.6 Å². The lowest BCUT2D eigenvalue weighted by Crippen LogP contribution is -2.10. The van der Waals surface area contributed by atoms with Crippen LogP contribution >= 0.6 is 27.5 Å². The molecule has 28 heavy (non-hydrogen) atoms. The minimum atomic E-state index is -0.297. The van der Waals surface area contributed by atoms with Crippen molar-refractivity contribution in [2.75, 3.05) is 26.6 Å². The number of rotatable bonds is 6. The summed E-state index contributed by atoms with van der Waals surface area (Å²) in [4.78, 5) is 24.0. The molecule has 11 heteroatoms. The summed E-state index contributed by atoms with van der Waals surface area (Å²) < 4.78 is 18.8. The number of anilines is 1. The molecule has 0 aliphatic carbocycles. The molecule has 9 nitrogen and oxygen atoms in total. The Labute approximate surface area is 174 Å². The zero-order valence-electron chi connectivity index (χ0n) is 15.5. The first-order valence-corrected chi connectivity index (χ1v) is 9.20. The van der Waals surface area contributed by atoms with Crippen molar-refractivity contribution in [2.45, 2.75) is 13.5 Å². The van der Waals surface area contributed by atoms with Crippen LogP contribution in [0.3, 0.4) is 0 Å². The maximum atomic E-state index is 11.3. The van der Waals surface area contributed by atoms with Crippen LogP contribution < -0.4 is 19.5 Å². The fourth-order valence-corrected chi connectivity index (χ4v) is 3.50. The molecule has 2 aromatic heterocycles. The number of amides is 1. The second kappa shape index (κ2) is 8.19. The molecule has 0 aliphatic heterocycles. The zero-order chi connectivity index (χ0) is 20.4. The smallest absolute Gasteiger partial charge is 0.232 e. The Morgan fingerprint density at radius 3 is 2.54 bits per heavy atom. The van der Waals surface area contributed by atoms with Crippen molar-refractivity contribution in [3.63, 3.8) is 0 Å². The summed E-state index contributed by atoms with van der Waals surface area (Å²) in [5.74, 6) is 1.32. The SMILES string of the molecule is COc1cc(Cn2cnc3c(Cl)nc(NC(C)=O)nc32)c(Br)c(OC)c1OC. The predicted molar refractivity (Wildman–Crippen MR) is 108 cm³/mol. The van der Waals surface area contributed by atoms with Crippen molar-refractivity contribution in [3.05, 3.63) is 27.6 Å². The van der Waals surface area contributed by atoms with Gasteiger partial charge in [0.25, 0.3) is 0 Å². The van der Waals surface area contributed by atoms with E-state index in [-0.39, 0.29) is 17.0 Å². The highest BCUT2D eigenvalue weighted by Crippen LogP contribution is 2.45.